The van der Waals surface area contributed by atoms with Crippen molar-refractivity contribution in [2.24, 2.45) is 0 Å². The predicted octanol–water partition coefficient (Wildman–Crippen LogP) is 10.7. The number of aromatic nitrogens is 4. The molecule has 2 amide bonds. The van der Waals surface area contributed by atoms with Crippen LogP contribution in [0.2, 0.25) is 10.0 Å². The van der Waals surface area contributed by atoms with Crippen LogP contribution >= 0.6 is 34.5 Å². The maximum Gasteiger partial charge on any atom is 0.431 e. The highest BCUT2D eigenvalue weighted by Crippen LogP contribution is 2.42. The van der Waals surface area contributed by atoms with Crippen LogP contribution in [0.4, 0.5) is 26.3 Å². The molecule has 290 valence electrons. The molecule has 0 saturated carbocycles. The molecule has 0 radical (unpaired) electrons. The SMILES string of the molecule is Cc1c(-c2ccc(Cl)cc2)c(C(=O)N(C)C(C)C)n(Cc2nncs2)c1C(F)(F)F.Cc1c(C(F)(F)F)[nH]c(C(=O)N(C)C(C)C)c1-c1ccc(Cl)cc1. The summed E-state index contributed by atoms with van der Waals surface area (Å²) in [7, 11) is 3.13. The molecule has 8 nitrogen and oxygen atoms in total. The predicted molar refractivity (Wildman–Crippen MR) is 199 cm³/mol. The Morgan fingerprint density at radius 1 is 0.778 bits per heavy atom. The third-order valence-electron chi connectivity index (χ3n) is 8.88. The number of carbonyl (C=O) groups excluding carboxylic acids is 2. The van der Waals surface area contributed by atoms with Gasteiger partial charge in [-0.3, -0.25) is 9.59 Å². The summed E-state index contributed by atoms with van der Waals surface area (Å²) in [6, 6.07) is 12.4. The second-order valence-corrected chi connectivity index (χ2v) is 14.8. The van der Waals surface area contributed by atoms with Gasteiger partial charge in [-0.15, -0.1) is 21.5 Å². The Labute approximate surface area is 322 Å². The van der Waals surface area contributed by atoms with Gasteiger partial charge in [0.2, 0.25) is 0 Å². The third-order valence-corrected chi connectivity index (χ3v) is 10.1. The number of rotatable bonds is 8. The molecule has 0 aliphatic heterocycles. The van der Waals surface area contributed by atoms with E-state index in [0.29, 0.717) is 26.2 Å². The summed E-state index contributed by atoms with van der Waals surface area (Å²) in [4.78, 5) is 31.1. The van der Waals surface area contributed by atoms with Gasteiger partial charge < -0.3 is 19.4 Å². The number of benzene rings is 2. The molecule has 5 aromatic rings. The molecule has 0 saturated heterocycles. The standard InChI is InChI=1S/C20H20ClF3N4OS.C17H18ClF3N2O/c1-11(2)27(4)19(29)17-16(13-5-7-14(21)8-6-13)12(3)18(20(22,23)24)28(17)9-15-26-25-10-30-15;1-9(2)23(4)16(24)14-13(11-5-7-12(18)8-6-11)10(3)15(22-14)17(19,20)21/h5-8,10-11H,9H2,1-4H3;5-9,22H,1-4H3. The van der Waals surface area contributed by atoms with Crippen molar-refractivity contribution < 1.29 is 35.9 Å². The molecule has 0 aliphatic carbocycles. The summed E-state index contributed by atoms with van der Waals surface area (Å²) in [6.07, 6.45) is -9.23. The van der Waals surface area contributed by atoms with Crippen molar-refractivity contribution in [3.63, 3.8) is 0 Å². The molecule has 5 rings (SSSR count). The molecule has 3 aromatic heterocycles. The van der Waals surface area contributed by atoms with E-state index < -0.39 is 35.6 Å². The van der Waals surface area contributed by atoms with Crippen LogP contribution in [0, 0.1) is 13.8 Å². The van der Waals surface area contributed by atoms with Crippen molar-refractivity contribution >= 4 is 46.4 Å². The maximum atomic E-state index is 14.1. The number of amides is 2. The van der Waals surface area contributed by atoms with Crippen LogP contribution in [0.1, 0.15) is 76.2 Å². The molecule has 0 unspecified atom stereocenters. The molecule has 3 heterocycles. The number of carbonyl (C=O) groups is 2. The van der Waals surface area contributed by atoms with Crippen molar-refractivity contribution in [3.8, 4) is 22.3 Å². The summed E-state index contributed by atoms with van der Waals surface area (Å²) < 4.78 is 83.2. The number of nitrogens with zero attached hydrogens (tertiary/aromatic N) is 5. The number of nitrogens with one attached hydrogen (secondary N) is 1. The van der Waals surface area contributed by atoms with E-state index in [1.165, 1.54) is 29.2 Å². The molecular weight excluding hydrogens is 777 g/mol. The first-order valence-electron chi connectivity index (χ1n) is 16.5. The van der Waals surface area contributed by atoms with Gasteiger partial charge in [-0.2, -0.15) is 26.3 Å². The minimum atomic E-state index is -4.66. The van der Waals surface area contributed by atoms with Gasteiger partial charge in [0.15, 0.2) is 0 Å². The van der Waals surface area contributed by atoms with Crippen molar-refractivity contribution in [2.45, 2.75) is 72.5 Å². The fraction of sp³-hybridized carbons (Fsp3) is 0.351. The minimum Gasteiger partial charge on any atom is -0.346 e. The van der Waals surface area contributed by atoms with Gasteiger partial charge >= 0.3 is 12.4 Å². The third kappa shape index (κ3) is 9.12. The fourth-order valence-corrected chi connectivity index (χ4v) is 6.45. The van der Waals surface area contributed by atoms with Crippen molar-refractivity contribution in [2.75, 3.05) is 14.1 Å². The molecular formula is C37H38Cl2F6N6O2S. The van der Waals surface area contributed by atoms with E-state index in [1.54, 1.807) is 90.3 Å². The highest BCUT2D eigenvalue weighted by atomic mass is 35.5. The highest BCUT2D eigenvalue weighted by Gasteiger charge is 2.42. The Kier molecular flexibility index (Phi) is 13.0. The number of alkyl halides is 6. The molecule has 0 fully saturated rings. The molecule has 54 heavy (non-hydrogen) atoms. The molecule has 0 spiro atoms. The number of aromatic amines is 1. The van der Waals surface area contributed by atoms with E-state index in [0.717, 1.165) is 15.9 Å². The van der Waals surface area contributed by atoms with Gasteiger partial charge in [0.05, 0.1) is 6.54 Å². The Morgan fingerprint density at radius 3 is 1.69 bits per heavy atom. The van der Waals surface area contributed by atoms with E-state index >= 15 is 0 Å². The zero-order valence-electron chi connectivity index (χ0n) is 30.5. The second kappa shape index (κ2) is 16.6. The van der Waals surface area contributed by atoms with E-state index in [4.69, 9.17) is 23.2 Å². The fourth-order valence-electron chi connectivity index (χ4n) is 5.69. The van der Waals surface area contributed by atoms with E-state index in [9.17, 15) is 35.9 Å². The van der Waals surface area contributed by atoms with Crippen LogP contribution in [-0.2, 0) is 18.9 Å². The van der Waals surface area contributed by atoms with Crippen LogP contribution in [0.15, 0.2) is 54.0 Å². The second-order valence-electron chi connectivity index (χ2n) is 13.0. The lowest BCUT2D eigenvalue weighted by Gasteiger charge is -2.23. The van der Waals surface area contributed by atoms with Crippen LogP contribution in [0.5, 0.6) is 0 Å². The van der Waals surface area contributed by atoms with E-state index in [-0.39, 0.29) is 52.3 Å². The van der Waals surface area contributed by atoms with Crippen LogP contribution in [0.25, 0.3) is 22.3 Å². The summed E-state index contributed by atoms with van der Waals surface area (Å²) in [6.45, 7) is 9.72. The van der Waals surface area contributed by atoms with Gasteiger partial charge in [0.25, 0.3) is 11.8 Å². The first-order chi connectivity index (χ1) is 25.1. The van der Waals surface area contributed by atoms with Crippen LogP contribution < -0.4 is 0 Å². The largest absolute Gasteiger partial charge is 0.431 e. The first kappa shape index (κ1) is 42.4. The van der Waals surface area contributed by atoms with Crippen molar-refractivity contribution in [3.05, 3.63) is 103 Å². The van der Waals surface area contributed by atoms with Crippen LogP contribution in [-0.4, -0.2) is 67.5 Å². The normalized spacial score (nSPS) is 11.9. The Morgan fingerprint density at radius 2 is 1.26 bits per heavy atom. The van der Waals surface area contributed by atoms with Gasteiger partial charge in [-0.05, 0) is 88.1 Å². The average molecular weight is 816 g/mol. The highest BCUT2D eigenvalue weighted by molar-refractivity contribution is 7.09. The quantitative estimate of drug-likeness (QED) is 0.158. The average Bonchev–Trinajstić information content (AvgIpc) is 3.80. The summed E-state index contributed by atoms with van der Waals surface area (Å²) >= 11 is 12.9. The Bertz CT molecular complexity index is 2090. The lowest BCUT2D eigenvalue weighted by molar-refractivity contribution is -0.144. The number of H-pyrrole nitrogens is 1. The number of halogens is 8. The molecule has 0 atom stereocenters. The topological polar surface area (TPSA) is 87.1 Å². The molecule has 2 aromatic carbocycles. The van der Waals surface area contributed by atoms with Gasteiger partial charge in [0.1, 0.15) is 33.3 Å². The van der Waals surface area contributed by atoms with Gasteiger partial charge in [-0.25, -0.2) is 0 Å². The number of hydrogen-bond donors (Lipinski definition) is 1. The zero-order valence-corrected chi connectivity index (χ0v) is 32.9. The monoisotopic (exact) mass is 814 g/mol. The summed E-state index contributed by atoms with van der Waals surface area (Å²) in [5.41, 5.74) is 1.00. The molecule has 17 heteroatoms. The van der Waals surface area contributed by atoms with Crippen molar-refractivity contribution in [1.29, 1.82) is 0 Å². The smallest absolute Gasteiger partial charge is 0.346 e. The molecule has 0 bridgehead atoms. The van der Waals surface area contributed by atoms with Crippen molar-refractivity contribution in [1.82, 2.24) is 29.5 Å². The maximum absolute atomic E-state index is 14.1. The van der Waals surface area contributed by atoms with E-state index in [2.05, 4.69) is 15.2 Å². The minimum absolute atomic E-state index is 0.00896. The van der Waals surface area contributed by atoms with Gasteiger partial charge in [0, 0.05) is 47.4 Å². The molecule has 0 aliphatic rings. The summed E-state index contributed by atoms with van der Waals surface area (Å²) in [5.74, 6) is -0.994. The lowest BCUT2D eigenvalue weighted by atomic mass is 10.00. The molecule has 1 N–H and O–H groups in total. The summed E-state index contributed by atoms with van der Waals surface area (Å²) in [5, 5.41) is 8.88. The zero-order chi connectivity index (χ0) is 40.4. The Hall–Kier alpha value is -4.34. The lowest BCUT2D eigenvalue weighted by Crippen LogP contribution is -2.35. The first-order valence-corrected chi connectivity index (χ1v) is 18.1. The number of hydrogen-bond acceptors (Lipinski definition) is 5. The van der Waals surface area contributed by atoms with E-state index in [1.807, 2.05) is 0 Å². The van der Waals surface area contributed by atoms with Crippen LogP contribution in [0.3, 0.4) is 0 Å². The van der Waals surface area contributed by atoms with Gasteiger partial charge in [-0.1, -0.05) is 47.5 Å². The Balaban J connectivity index is 0.000000247.